The molecule has 0 unspecified atom stereocenters. The van der Waals surface area contributed by atoms with Gasteiger partial charge >= 0.3 is 0 Å². The van der Waals surface area contributed by atoms with Gasteiger partial charge in [0.15, 0.2) is 5.58 Å². The Hall–Kier alpha value is -2.73. The molecule has 0 radical (unpaired) electrons. The minimum absolute atomic E-state index is 0.00159. The van der Waals surface area contributed by atoms with Gasteiger partial charge < -0.3 is 14.6 Å². The number of para-hydroxylation sites is 2. The standard InChI is InChI=1S/C18H18N4O2/c1-22-17(23)9-14(18(22)12-5-4-8-19-10-12)20-11-16-21-13-6-2-3-7-15(13)24-16/h2-8,10,14,18,20H,9,11H2,1H3/t14-,18+/m1/s1. The zero-order valence-corrected chi connectivity index (χ0v) is 13.3. The van der Waals surface area contributed by atoms with Crippen LogP contribution in [-0.4, -0.2) is 33.9 Å². The molecule has 6 nitrogen and oxygen atoms in total. The smallest absolute Gasteiger partial charge is 0.224 e. The van der Waals surface area contributed by atoms with Gasteiger partial charge in [0, 0.05) is 31.9 Å². The number of likely N-dealkylation sites (tertiary alicyclic amines) is 1. The number of benzene rings is 1. The third kappa shape index (κ3) is 2.65. The molecule has 4 rings (SSSR count). The molecule has 1 amide bonds. The molecule has 6 heteroatoms. The molecule has 1 saturated heterocycles. The monoisotopic (exact) mass is 322 g/mol. The van der Waals surface area contributed by atoms with E-state index in [2.05, 4.69) is 15.3 Å². The Morgan fingerprint density at radius 1 is 1.29 bits per heavy atom. The minimum Gasteiger partial charge on any atom is -0.439 e. The third-order valence-corrected chi connectivity index (χ3v) is 4.47. The zero-order chi connectivity index (χ0) is 16.5. The predicted molar refractivity (Wildman–Crippen MR) is 89.0 cm³/mol. The number of nitrogens with one attached hydrogen (secondary N) is 1. The van der Waals surface area contributed by atoms with Crippen LogP contribution in [0, 0.1) is 0 Å². The number of carbonyl (C=O) groups excluding carboxylic acids is 1. The molecule has 1 aromatic carbocycles. The number of rotatable bonds is 4. The van der Waals surface area contributed by atoms with Crippen molar-refractivity contribution in [2.75, 3.05) is 7.05 Å². The first-order valence-electron chi connectivity index (χ1n) is 7.96. The fraction of sp³-hybridized carbons (Fsp3) is 0.278. The Balaban J connectivity index is 1.53. The normalized spacial score (nSPS) is 20.9. The Morgan fingerprint density at radius 3 is 2.96 bits per heavy atom. The molecule has 1 fully saturated rings. The molecule has 24 heavy (non-hydrogen) atoms. The topological polar surface area (TPSA) is 71.3 Å². The van der Waals surface area contributed by atoms with Crippen molar-refractivity contribution in [2.24, 2.45) is 0 Å². The number of carbonyl (C=O) groups is 1. The fourth-order valence-corrected chi connectivity index (χ4v) is 3.27. The van der Waals surface area contributed by atoms with Crippen LogP contribution in [0.25, 0.3) is 11.1 Å². The lowest BCUT2D eigenvalue weighted by molar-refractivity contribution is -0.127. The van der Waals surface area contributed by atoms with Crippen LogP contribution in [0.5, 0.6) is 0 Å². The van der Waals surface area contributed by atoms with E-state index in [9.17, 15) is 4.79 Å². The second-order valence-electron chi connectivity index (χ2n) is 6.00. The summed E-state index contributed by atoms with van der Waals surface area (Å²) < 4.78 is 5.74. The lowest BCUT2D eigenvalue weighted by atomic mass is 10.0. The summed E-state index contributed by atoms with van der Waals surface area (Å²) in [6.07, 6.45) is 4.01. The van der Waals surface area contributed by atoms with Gasteiger partial charge in [-0.1, -0.05) is 18.2 Å². The van der Waals surface area contributed by atoms with Gasteiger partial charge in [-0.3, -0.25) is 9.78 Å². The molecule has 1 aliphatic heterocycles. The van der Waals surface area contributed by atoms with Crippen molar-refractivity contribution in [3.8, 4) is 0 Å². The van der Waals surface area contributed by atoms with Gasteiger partial charge in [-0.05, 0) is 23.8 Å². The molecule has 1 N–H and O–H groups in total. The van der Waals surface area contributed by atoms with Gasteiger partial charge in [-0.25, -0.2) is 4.98 Å². The quantitative estimate of drug-likeness (QED) is 0.798. The summed E-state index contributed by atoms with van der Waals surface area (Å²) in [5.41, 5.74) is 2.65. The SMILES string of the molecule is CN1C(=O)C[C@@H](NCc2nc3ccccc3o2)[C@@H]1c1cccnc1. The Morgan fingerprint density at radius 2 is 2.17 bits per heavy atom. The van der Waals surface area contributed by atoms with Crippen molar-refractivity contribution in [3.05, 3.63) is 60.2 Å². The van der Waals surface area contributed by atoms with Gasteiger partial charge in [0.1, 0.15) is 5.52 Å². The largest absolute Gasteiger partial charge is 0.439 e. The molecule has 1 aliphatic rings. The Bertz CT molecular complexity index is 829. The van der Waals surface area contributed by atoms with Crippen LogP contribution in [0.1, 0.15) is 23.9 Å². The predicted octanol–water partition coefficient (Wildman–Crippen LogP) is 2.28. The van der Waals surface area contributed by atoms with Crippen molar-refractivity contribution in [3.63, 3.8) is 0 Å². The van der Waals surface area contributed by atoms with Crippen molar-refractivity contribution in [2.45, 2.75) is 25.0 Å². The molecule has 3 aromatic rings. The molecule has 0 spiro atoms. The van der Waals surface area contributed by atoms with Gasteiger partial charge in [0.25, 0.3) is 0 Å². The summed E-state index contributed by atoms with van der Waals surface area (Å²) in [4.78, 5) is 22.6. The maximum atomic E-state index is 12.1. The van der Waals surface area contributed by atoms with E-state index in [1.807, 2.05) is 49.6 Å². The number of fused-ring (bicyclic) bond motifs is 1. The van der Waals surface area contributed by atoms with Gasteiger partial charge in [-0.2, -0.15) is 0 Å². The maximum absolute atomic E-state index is 12.1. The van der Waals surface area contributed by atoms with Gasteiger partial charge in [0.2, 0.25) is 11.8 Å². The van der Waals surface area contributed by atoms with Crippen molar-refractivity contribution >= 4 is 17.0 Å². The first-order chi connectivity index (χ1) is 11.7. The van der Waals surface area contributed by atoms with E-state index in [0.29, 0.717) is 18.9 Å². The number of oxazole rings is 1. The summed E-state index contributed by atoms with van der Waals surface area (Å²) in [5.74, 6) is 0.752. The number of nitrogens with zero attached hydrogens (tertiary/aromatic N) is 3. The van der Waals surface area contributed by atoms with Crippen LogP contribution in [0.15, 0.2) is 53.2 Å². The van der Waals surface area contributed by atoms with Crippen LogP contribution in [-0.2, 0) is 11.3 Å². The summed E-state index contributed by atoms with van der Waals surface area (Å²) in [7, 11) is 1.83. The summed E-state index contributed by atoms with van der Waals surface area (Å²) in [5, 5.41) is 3.42. The number of amides is 1. The van der Waals surface area contributed by atoms with E-state index >= 15 is 0 Å². The highest BCUT2D eigenvalue weighted by Crippen LogP contribution is 2.31. The molecule has 2 aromatic heterocycles. The van der Waals surface area contributed by atoms with Crippen molar-refractivity contribution in [1.29, 1.82) is 0 Å². The molecule has 0 aliphatic carbocycles. The molecule has 122 valence electrons. The minimum atomic E-state index is -0.0319. The lowest BCUT2D eigenvalue weighted by Gasteiger charge is -2.25. The number of aromatic nitrogens is 2. The molecule has 3 heterocycles. The van der Waals surface area contributed by atoms with E-state index in [1.165, 1.54) is 0 Å². The molecule has 0 saturated carbocycles. The van der Waals surface area contributed by atoms with Gasteiger partial charge in [-0.15, -0.1) is 0 Å². The zero-order valence-electron chi connectivity index (χ0n) is 13.3. The molecular formula is C18H18N4O2. The van der Waals surface area contributed by atoms with E-state index < -0.39 is 0 Å². The van der Waals surface area contributed by atoms with E-state index in [-0.39, 0.29) is 18.0 Å². The van der Waals surface area contributed by atoms with Crippen molar-refractivity contribution in [1.82, 2.24) is 20.2 Å². The fourth-order valence-electron chi connectivity index (χ4n) is 3.27. The lowest BCUT2D eigenvalue weighted by Crippen LogP contribution is -2.34. The average molecular weight is 322 g/mol. The Labute approximate surface area is 139 Å². The second-order valence-corrected chi connectivity index (χ2v) is 6.00. The molecule has 2 atom stereocenters. The molecule has 0 bridgehead atoms. The van der Waals surface area contributed by atoms with Crippen LogP contribution < -0.4 is 5.32 Å². The highest BCUT2D eigenvalue weighted by atomic mass is 16.3. The summed E-state index contributed by atoms with van der Waals surface area (Å²) >= 11 is 0. The average Bonchev–Trinajstić information content (AvgIpc) is 3.15. The maximum Gasteiger partial charge on any atom is 0.224 e. The number of pyridine rings is 1. The van der Waals surface area contributed by atoms with Crippen molar-refractivity contribution < 1.29 is 9.21 Å². The first-order valence-corrected chi connectivity index (χ1v) is 7.96. The summed E-state index contributed by atoms with van der Waals surface area (Å²) in [6, 6.07) is 11.5. The second kappa shape index (κ2) is 6.05. The van der Waals surface area contributed by atoms with Crippen LogP contribution >= 0.6 is 0 Å². The van der Waals surface area contributed by atoms with Crippen LogP contribution in [0.2, 0.25) is 0 Å². The first kappa shape index (κ1) is 14.8. The molecular weight excluding hydrogens is 304 g/mol. The highest BCUT2D eigenvalue weighted by molar-refractivity contribution is 5.80. The highest BCUT2D eigenvalue weighted by Gasteiger charge is 2.38. The van der Waals surface area contributed by atoms with Gasteiger partial charge in [0.05, 0.1) is 12.6 Å². The number of hydrogen-bond acceptors (Lipinski definition) is 5. The number of hydrogen-bond donors (Lipinski definition) is 1. The number of likely N-dealkylation sites (N-methyl/N-ethyl adjacent to an activating group) is 1. The summed E-state index contributed by atoms with van der Waals surface area (Å²) in [6.45, 7) is 0.483. The van der Waals surface area contributed by atoms with Crippen LogP contribution in [0.4, 0.5) is 0 Å². The Kier molecular flexibility index (Phi) is 3.74. The van der Waals surface area contributed by atoms with Crippen LogP contribution in [0.3, 0.4) is 0 Å². The third-order valence-electron chi connectivity index (χ3n) is 4.47. The van der Waals surface area contributed by atoms with E-state index in [0.717, 1.165) is 16.7 Å². The van der Waals surface area contributed by atoms with E-state index in [1.54, 1.807) is 11.1 Å². The van der Waals surface area contributed by atoms with E-state index in [4.69, 9.17) is 4.42 Å².